The minimum Gasteiger partial charge on any atom is -0.396 e. The number of nitrogens with one attached hydrogen (secondary N) is 2. The van der Waals surface area contributed by atoms with E-state index in [1.54, 1.807) is 0 Å². The van der Waals surface area contributed by atoms with Gasteiger partial charge in [-0.05, 0) is 56.5 Å². The number of carbonyl (C=O) groups excluding carboxylic acids is 1. The highest BCUT2D eigenvalue weighted by molar-refractivity contribution is 6.30. The molecule has 2 amide bonds. The van der Waals surface area contributed by atoms with Gasteiger partial charge in [-0.15, -0.1) is 0 Å². The zero-order valence-electron chi connectivity index (χ0n) is 13.0. The Morgan fingerprint density at radius 2 is 2.26 bits per heavy atom. The van der Waals surface area contributed by atoms with Crippen molar-refractivity contribution in [2.45, 2.75) is 19.3 Å². The maximum Gasteiger partial charge on any atom is 0.319 e. The van der Waals surface area contributed by atoms with E-state index in [-0.39, 0.29) is 17.7 Å². The lowest BCUT2D eigenvalue weighted by molar-refractivity contribution is 0.120. The van der Waals surface area contributed by atoms with Crippen LogP contribution in [0, 0.1) is 11.7 Å². The fourth-order valence-corrected chi connectivity index (χ4v) is 3.03. The third-order valence-electron chi connectivity index (χ3n) is 3.92. The van der Waals surface area contributed by atoms with Gasteiger partial charge >= 0.3 is 6.03 Å². The highest BCUT2D eigenvalue weighted by Crippen LogP contribution is 2.18. The standard InChI is InChI=1S/C16H23ClFN3O2/c17-13-7-14(18)9-15(8-13)20-16(23)19-4-2-6-21-5-1-3-12(10-21)11-22/h7-9,12,22H,1-6,10-11H2,(H2,19,20,23)/t12-/m1/s1. The number of rotatable bonds is 6. The largest absolute Gasteiger partial charge is 0.396 e. The number of anilines is 1. The van der Waals surface area contributed by atoms with Crippen LogP contribution in [0.5, 0.6) is 0 Å². The van der Waals surface area contributed by atoms with Crippen molar-refractivity contribution < 1.29 is 14.3 Å². The Morgan fingerprint density at radius 1 is 1.43 bits per heavy atom. The van der Waals surface area contributed by atoms with Crippen molar-refractivity contribution in [2.24, 2.45) is 5.92 Å². The van der Waals surface area contributed by atoms with Crippen molar-refractivity contribution in [1.82, 2.24) is 10.2 Å². The van der Waals surface area contributed by atoms with Crippen LogP contribution in [0.15, 0.2) is 18.2 Å². The van der Waals surface area contributed by atoms with Crippen LogP contribution in [0.3, 0.4) is 0 Å². The molecular formula is C16H23ClFN3O2. The Kier molecular flexibility index (Phi) is 7.08. The van der Waals surface area contributed by atoms with E-state index < -0.39 is 5.82 Å². The summed E-state index contributed by atoms with van der Waals surface area (Å²) < 4.78 is 13.2. The zero-order valence-corrected chi connectivity index (χ0v) is 13.8. The molecule has 1 aliphatic heterocycles. The lowest BCUT2D eigenvalue weighted by Gasteiger charge is -2.31. The molecule has 1 aliphatic rings. The van der Waals surface area contributed by atoms with Gasteiger partial charge < -0.3 is 20.6 Å². The summed E-state index contributed by atoms with van der Waals surface area (Å²) in [5, 5.41) is 14.7. The number of aliphatic hydroxyl groups excluding tert-OH is 1. The number of likely N-dealkylation sites (tertiary alicyclic amines) is 1. The number of amides is 2. The summed E-state index contributed by atoms with van der Waals surface area (Å²) in [5.74, 6) is -0.117. The van der Waals surface area contributed by atoms with Crippen molar-refractivity contribution >= 4 is 23.3 Å². The van der Waals surface area contributed by atoms with E-state index in [0.29, 0.717) is 18.2 Å². The Morgan fingerprint density at radius 3 is 3.00 bits per heavy atom. The van der Waals surface area contributed by atoms with E-state index in [9.17, 15) is 14.3 Å². The molecule has 128 valence electrons. The highest BCUT2D eigenvalue weighted by atomic mass is 35.5. The third-order valence-corrected chi connectivity index (χ3v) is 4.14. The number of halogens is 2. The number of hydrogen-bond donors (Lipinski definition) is 3. The van der Waals surface area contributed by atoms with Crippen molar-refractivity contribution in [3.8, 4) is 0 Å². The molecule has 0 aliphatic carbocycles. The summed E-state index contributed by atoms with van der Waals surface area (Å²) in [4.78, 5) is 14.1. The van der Waals surface area contributed by atoms with Crippen LogP contribution >= 0.6 is 11.6 Å². The Hall–Kier alpha value is -1.37. The topological polar surface area (TPSA) is 64.6 Å². The normalized spacial score (nSPS) is 18.7. The molecule has 1 heterocycles. The molecule has 3 N–H and O–H groups in total. The average Bonchev–Trinajstić information content (AvgIpc) is 2.51. The Balaban J connectivity index is 1.65. The number of carbonyl (C=O) groups is 1. The molecule has 0 radical (unpaired) electrons. The Bertz CT molecular complexity index is 510. The molecule has 1 fully saturated rings. The fraction of sp³-hybridized carbons (Fsp3) is 0.562. The van der Waals surface area contributed by atoms with E-state index >= 15 is 0 Å². The van der Waals surface area contributed by atoms with Gasteiger partial charge in [-0.1, -0.05) is 11.6 Å². The Labute approximate surface area is 140 Å². The number of benzene rings is 1. The molecule has 0 saturated carbocycles. The number of nitrogens with zero attached hydrogens (tertiary/aromatic N) is 1. The molecule has 1 aromatic carbocycles. The summed E-state index contributed by atoms with van der Waals surface area (Å²) in [6, 6.07) is 3.52. The van der Waals surface area contributed by atoms with Crippen LogP contribution in [0.4, 0.5) is 14.9 Å². The molecular weight excluding hydrogens is 321 g/mol. The average molecular weight is 344 g/mol. The molecule has 7 heteroatoms. The van der Waals surface area contributed by atoms with E-state index in [2.05, 4.69) is 15.5 Å². The van der Waals surface area contributed by atoms with E-state index in [1.165, 1.54) is 18.2 Å². The third kappa shape index (κ3) is 6.33. The molecule has 0 aromatic heterocycles. The number of piperidine rings is 1. The maximum absolute atomic E-state index is 13.2. The maximum atomic E-state index is 13.2. The summed E-state index contributed by atoms with van der Waals surface area (Å²) in [5.41, 5.74) is 0.328. The van der Waals surface area contributed by atoms with Gasteiger partial charge in [0.2, 0.25) is 0 Å². The summed E-state index contributed by atoms with van der Waals surface area (Å²) >= 11 is 5.74. The number of urea groups is 1. The quantitative estimate of drug-likeness (QED) is 0.696. The van der Waals surface area contributed by atoms with Crippen LogP contribution in [-0.2, 0) is 0 Å². The molecule has 0 unspecified atom stereocenters. The molecule has 1 aromatic rings. The first-order valence-electron chi connectivity index (χ1n) is 7.91. The smallest absolute Gasteiger partial charge is 0.319 e. The molecule has 2 rings (SSSR count). The van der Waals surface area contributed by atoms with Crippen molar-refractivity contribution in [1.29, 1.82) is 0 Å². The first kappa shape index (κ1) is 18.0. The van der Waals surface area contributed by atoms with Crippen LogP contribution in [0.2, 0.25) is 5.02 Å². The van der Waals surface area contributed by atoms with Crippen LogP contribution in [-0.4, -0.2) is 48.8 Å². The van der Waals surface area contributed by atoms with Gasteiger partial charge in [-0.2, -0.15) is 0 Å². The molecule has 1 atom stereocenters. The summed E-state index contributed by atoms with van der Waals surface area (Å²) in [7, 11) is 0. The van der Waals surface area contributed by atoms with E-state index in [0.717, 1.165) is 38.9 Å². The number of aliphatic hydroxyl groups is 1. The SMILES string of the molecule is O=C(NCCCN1CCC[C@@H](CO)C1)Nc1cc(F)cc(Cl)c1. The molecule has 0 spiro atoms. The summed E-state index contributed by atoms with van der Waals surface area (Å²) in [6.07, 6.45) is 3.03. The van der Waals surface area contributed by atoms with Crippen LogP contribution in [0.25, 0.3) is 0 Å². The van der Waals surface area contributed by atoms with E-state index in [4.69, 9.17) is 11.6 Å². The van der Waals surface area contributed by atoms with Gasteiger partial charge in [-0.3, -0.25) is 0 Å². The fourth-order valence-electron chi connectivity index (χ4n) is 2.81. The second kappa shape index (κ2) is 9.05. The minimum absolute atomic E-state index is 0.240. The first-order valence-corrected chi connectivity index (χ1v) is 8.29. The molecule has 5 nitrogen and oxygen atoms in total. The second-order valence-corrected chi connectivity index (χ2v) is 6.32. The van der Waals surface area contributed by atoms with Gasteiger partial charge in [0.25, 0.3) is 0 Å². The van der Waals surface area contributed by atoms with Gasteiger partial charge in [0.15, 0.2) is 0 Å². The van der Waals surface area contributed by atoms with Crippen LogP contribution in [0.1, 0.15) is 19.3 Å². The minimum atomic E-state index is -0.490. The van der Waals surface area contributed by atoms with Crippen molar-refractivity contribution in [2.75, 3.05) is 38.1 Å². The van der Waals surface area contributed by atoms with E-state index in [1.807, 2.05) is 0 Å². The van der Waals surface area contributed by atoms with Gasteiger partial charge in [0.1, 0.15) is 5.82 Å². The van der Waals surface area contributed by atoms with Crippen molar-refractivity contribution in [3.63, 3.8) is 0 Å². The number of hydrogen-bond acceptors (Lipinski definition) is 3. The summed E-state index contributed by atoms with van der Waals surface area (Å²) in [6.45, 7) is 3.64. The second-order valence-electron chi connectivity index (χ2n) is 5.88. The molecule has 23 heavy (non-hydrogen) atoms. The lowest BCUT2D eigenvalue weighted by atomic mass is 9.99. The van der Waals surface area contributed by atoms with Gasteiger partial charge in [0.05, 0.1) is 0 Å². The molecule has 1 saturated heterocycles. The monoisotopic (exact) mass is 343 g/mol. The lowest BCUT2D eigenvalue weighted by Crippen LogP contribution is -2.38. The first-order chi connectivity index (χ1) is 11.1. The van der Waals surface area contributed by atoms with Crippen molar-refractivity contribution in [3.05, 3.63) is 29.0 Å². The predicted molar refractivity (Wildman–Crippen MR) is 89.3 cm³/mol. The van der Waals surface area contributed by atoms with Gasteiger partial charge in [0, 0.05) is 30.4 Å². The van der Waals surface area contributed by atoms with Gasteiger partial charge in [-0.25, -0.2) is 9.18 Å². The molecule has 0 bridgehead atoms. The highest BCUT2D eigenvalue weighted by Gasteiger charge is 2.18. The van der Waals surface area contributed by atoms with Crippen LogP contribution < -0.4 is 10.6 Å². The predicted octanol–water partition coefficient (Wildman–Crippen LogP) is 2.70. The zero-order chi connectivity index (χ0) is 16.7.